The number of hydrogen-bond donors (Lipinski definition) is 8. The van der Waals surface area contributed by atoms with E-state index in [9.17, 15) is 30.6 Å². The average molecular weight is 325 g/mol. The molecule has 0 amide bonds. The van der Waals surface area contributed by atoms with Crippen LogP contribution in [-0.2, 0) is 9.47 Å². The van der Waals surface area contributed by atoms with E-state index >= 15 is 0 Å². The molecule has 8 N–H and O–H groups in total. The van der Waals surface area contributed by atoms with Crippen molar-refractivity contribution >= 4 is 0 Å². The Morgan fingerprint density at radius 2 is 1.73 bits per heavy atom. The molecular formula is C12H23NO9. The second-order valence-electron chi connectivity index (χ2n) is 5.61. The van der Waals surface area contributed by atoms with E-state index in [4.69, 9.17) is 14.6 Å². The van der Waals surface area contributed by atoms with E-state index in [1.165, 1.54) is 0 Å². The predicted molar refractivity (Wildman–Crippen MR) is 69.5 cm³/mol. The van der Waals surface area contributed by atoms with Crippen LogP contribution in [-0.4, -0.2) is 111 Å². The summed E-state index contributed by atoms with van der Waals surface area (Å²) in [5.74, 6) is 0. The molecule has 2 aliphatic heterocycles. The lowest BCUT2D eigenvalue weighted by Gasteiger charge is -2.35. The maximum Gasteiger partial charge on any atom is 0.186 e. The zero-order valence-corrected chi connectivity index (χ0v) is 11.8. The van der Waals surface area contributed by atoms with Gasteiger partial charge in [0.1, 0.15) is 18.3 Å². The summed E-state index contributed by atoms with van der Waals surface area (Å²) < 4.78 is 10.2. The van der Waals surface area contributed by atoms with Crippen LogP contribution in [0.5, 0.6) is 0 Å². The highest BCUT2D eigenvalue weighted by Crippen LogP contribution is 2.20. The van der Waals surface area contributed by atoms with Crippen molar-refractivity contribution in [3.63, 3.8) is 0 Å². The van der Waals surface area contributed by atoms with Crippen LogP contribution in [0.4, 0.5) is 0 Å². The van der Waals surface area contributed by atoms with Gasteiger partial charge in [0.25, 0.3) is 0 Å². The normalized spacial score (nSPS) is 47.6. The highest BCUT2D eigenvalue weighted by molar-refractivity contribution is 5.01. The molecule has 2 saturated heterocycles. The quantitative estimate of drug-likeness (QED) is 0.244. The third kappa shape index (κ3) is 3.57. The summed E-state index contributed by atoms with van der Waals surface area (Å²) >= 11 is 0. The lowest BCUT2D eigenvalue weighted by molar-refractivity contribution is -0.275. The van der Waals surface area contributed by atoms with E-state index in [1.807, 2.05) is 0 Å². The molecule has 0 aromatic carbocycles. The number of rotatable bonds is 5. The van der Waals surface area contributed by atoms with Gasteiger partial charge in [-0.3, -0.25) is 0 Å². The lowest BCUT2D eigenvalue weighted by Crippen LogP contribution is -2.55. The van der Waals surface area contributed by atoms with E-state index in [0.29, 0.717) is 0 Å². The van der Waals surface area contributed by atoms with E-state index in [0.717, 1.165) is 0 Å². The molecule has 0 saturated carbocycles. The van der Waals surface area contributed by atoms with Gasteiger partial charge in [-0.2, -0.15) is 0 Å². The first kappa shape index (κ1) is 17.9. The molecule has 9 atom stereocenters. The van der Waals surface area contributed by atoms with Crippen molar-refractivity contribution in [2.24, 2.45) is 0 Å². The Bertz CT molecular complexity index is 359. The number of aliphatic hydroxyl groups is 7. The molecule has 0 aromatic rings. The second kappa shape index (κ2) is 7.45. The van der Waals surface area contributed by atoms with Crippen LogP contribution >= 0.6 is 0 Å². The van der Waals surface area contributed by atoms with Gasteiger partial charge in [-0.25, -0.2) is 0 Å². The summed E-state index contributed by atoms with van der Waals surface area (Å²) in [6, 6.07) is -1.69. The second-order valence-corrected chi connectivity index (χ2v) is 5.61. The first-order chi connectivity index (χ1) is 10.4. The summed E-state index contributed by atoms with van der Waals surface area (Å²) in [6.45, 7) is -0.991. The van der Waals surface area contributed by atoms with Crippen molar-refractivity contribution in [1.29, 1.82) is 0 Å². The number of aliphatic hydroxyl groups excluding tert-OH is 7. The lowest BCUT2D eigenvalue weighted by atomic mass is 10.0. The van der Waals surface area contributed by atoms with Crippen molar-refractivity contribution in [2.75, 3.05) is 19.8 Å². The fourth-order valence-corrected chi connectivity index (χ4v) is 2.62. The molecule has 10 heteroatoms. The first-order valence-corrected chi connectivity index (χ1v) is 7.05. The van der Waals surface area contributed by atoms with Gasteiger partial charge in [-0.15, -0.1) is 0 Å². The molecular weight excluding hydrogens is 302 g/mol. The van der Waals surface area contributed by atoms with Crippen LogP contribution in [0.15, 0.2) is 0 Å². The van der Waals surface area contributed by atoms with Gasteiger partial charge in [0, 0.05) is 0 Å². The minimum absolute atomic E-state index is 0.228. The molecule has 22 heavy (non-hydrogen) atoms. The molecule has 0 radical (unpaired) electrons. The molecule has 10 nitrogen and oxygen atoms in total. The predicted octanol–water partition coefficient (Wildman–Crippen LogP) is -5.14. The number of hydrogen-bond acceptors (Lipinski definition) is 10. The first-order valence-electron chi connectivity index (χ1n) is 7.05. The maximum atomic E-state index is 10.00. The van der Waals surface area contributed by atoms with Gasteiger partial charge in [0.05, 0.1) is 50.2 Å². The maximum absolute atomic E-state index is 10.00. The molecule has 2 fully saturated rings. The number of ether oxygens (including phenoxy) is 2. The van der Waals surface area contributed by atoms with Gasteiger partial charge in [0.2, 0.25) is 0 Å². The smallest absolute Gasteiger partial charge is 0.186 e. The Balaban J connectivity index is 1.84. The standard InChI is InChI=1S/C12H23NO9/c14-1-4-8(17)10(19)7(13-4)5(15)2-21-12-11(20)9(18)6(16)3-22-12/h4-20H,1-3H2/t4-,5-,6-,7-,8-,9+,10-,11-,12-/m1/s1. The van der Waals surface area contributed by atoms with Crippen molar-refractivity contribution < 1.29 is 45.2 Å². The topological polar surface area (TPSA) is 172 Å². The molecule has 130 valence electrons. The minimum Gasteiger partial charge on any atom is -0.395 e. The van der Waals surface area contributed by atoms with E-state index in [2.05, 4.69) is 5.32 Å². The Morgan fingerprint density at radius 1 is 1.05 bits per heavy atom. The summed E-state index contributed by atoms with van der Waals surface area (Å²) in [5, 5.41) is 69.6. The summed E-state index contributed by atoms with van der Waals surface area (Å²) in [6.07, 6.45) is -9.12. The molecule has 0 aromatic heterocycles. The fraction of sp³-hybridized carbons (Fsp3) is 1.00. The average Bonchev–Trinajstić information content (AvgIpc) is 2.79. The molecule has 2 aliphatic rings. The molecule has 2 heterocycles. The zero-order valence-electron chi connectivity index (χ0n) is 11.8. The van der Waals surface area contributed by atoms with Crippen LogP contribution < -0.4 is 5.32 Å². The monoisotopic (exact) mass is 325 g/mol. The molecule has 0 unspecified atom stereocenters. The van der Waals surface area contributed by atoms with Gasteiger partial charge >= 0.3 is 0 Å². The van der Waals surface area contributed by atoms with E-state index in [-0.39, 0.29) is 13.2 Å². The SMILES string of the molecule is OC[C@H]1N[C@H]([C@H](O)CO[C@@H]2OC[C@@H](O)[C@H](O)[C@H]2O)[C@@H](O)[C@@H]1O. The highest BCUT2D eigenvalue weighted by atomic mass is 16.7. The van der Waals surface area contributed by atoms with Gasteiger partial charge in [0.15, 0.2) is 6.29 Å². The van der Waals surface area contributed by atoms with E-state index < -0.39 is 61.6 Å². The highest BCUT2D eigenvalue weighted by Gasteiger charge is 2.45. The molecule has 0 aliphatic carbocycles. The molecule has 0 spiro atoms. The third-order valence-corrected chi connectivity index (χ3v) is 4.03. The molecule has 0 bridgehead atoms. The van der Waals surface area contributed by atoms with Crippen LogP contribution in [0, 0.1) is 0 Å². The van der Waals surface area contributed by atoms with Crippen molar-refractivity contribution in [3.05, 3.63) is 0 Å². The van der Waals surface area contributed by atoms with Gasteiger partial charge in [-0.05, 0) is 0 Å². The van der Waals surface area contributed by atoms with Crippen LogP contribution in [0.25, 0.3) is 0 Å². The Labute approximate surface area is 126 Å². The van der Waals surface area contributed by atoms with E-state index in [1.54, 1.807) is 0 Å². The fourth-order valence-electron chi connectivity index (χ4n) is 2.62. The van der Waals surface area contributed by atoms with Crippen molar-refractivity contribution in [2.45, 2.75) is 55.0 Å². The van der Waals surface area contributed by atoms with Crippen LogP contribution in [0.2, 0.25) is 0 Å². The third-order valence-electron chi connectivity index (χ3n) is 4.03. The van der Waals surface area contributed by atoms with Crippen molar-refractivity contribution in [1.82, 2.24) is 5.32 Å². The van der Waals surface area contributed by atoms with Crippen LogP contribution in [0.3, 0.4) is 0 Å². The van der Waals surface area contributed by atoms with Crippen molar-refractivity contribution in [3.8, 4) is 0 Å². The minimum atomic E-state index is -1.48. The van der Waals surface area contributed by atoms with Gasteiger partial charge < -0.3 is 50.5 Å². The van der Waals surface area contributed by atoms with Crippen LogP contribution in [0.1, 0.15) is 0 Å². The largest absolute Gasteiger partial charge is 0.395 e. The summed E-state index contributed by atoms with van der Waals surface area (Å²) in [5.41, 5.74) is 0. The number of nitrogens with one attached hydrogen (secondary N) is 1. The zero-order chi connectivity index (χ0) is 16.4. The Hall–Kier alpha value is -0.400. The summed E-state index contributed by atoms with van der Waals surface area (Å²) in [7, 11) is 0. The Morgan fingerprint density at radius 3 is 2.32 bits per heavy atom. The van der Waals surface area contributed by atoms with Gasteiger partial charge in [-0.1, -0.05) is 0 Å². The Kier molecular flexibility index (Phi) is 6.07. The summed E-state index contributed by atoms with van der Waals surface area (Å²) in [4.78, 5) is 0. The molecule has 2 rings (SSSR count).